The largest absolute Gasteiger partial charge is 0.397 e. The molecule has 0 amide bonds. The summed E-state index contributed by atoms with van der Waals surface area (Å²) < 4.78 is 39.5. The highest BCUT2D eigenvalue weighted by Gasteiger charge is 2.25. The number of nitrogen functional groups attached to an aromatic ring is 1. The van der Waals surface area contributed by atoms with Crippen molar-refractivity contribution < 1.29 is 17.7 Å². The normalized spacial score (nSPS) is 11.5. The second-order valence-electron chi connectivity index (χ2n) is 3.49. The molecule has 0 radical (unpaired) electrons. The molecule has 19 heavy (non-hydrogen) atoms. The Hall–Kier alpha value is -1.39. The Kier molecular flexibility index (Phi) is 5.09. The van der Waals surface area contributed by atoms with Crippen LogP contribution in [0.4, 0.5) is 15.8 Å². The number of hydrogen-bond donors (Lipinski definition) is 2. The van der Waals surface area contributed by atoms with Crippen LogP contribution in [0.1, 0.15) is 0 Å². The molecular weight excluding hydrogens is 297 g/mol. The van der Waals surface area contributed by atoms with Crippen molar-refractivity contribution in [1.82, 2.24) is 4.72 Å². The van der Waals surface area contributed by atoms with E-state index in [1.807, 2.05) is 0 Å². The van der Waals surface area contributed by atoms with E-state index in [0.29, 0.717) is 11.8 Å². The van der Waals surface area contributed by atoms with E-state index in [2.05, 4.69) is 4.72 Å². The third kappa shape index (κ3) is 3.78. The summed E-state index contributed by atoms with van der Waals surface area (Å²) >= 11 is 1.41. The molecule has 0 unspecified atom stereocenters. The van der Waals surface area contributed by atoms with Crippen LogP contribution in [-0.4, -0.2) is 31.9 Å². The van der Waals surface area contributed by atoms with Crippen LogP contribution < -0.4 is 10.5 Å². The molecule has 10 heteroatoms. The molecule has 0 atom stereocenters. The zero-order chi connectivity index (χ0) is 14.6. The number of anilines is 1. The lowest BCUT2D eigenvalue weighted by atomic mass is 10.3. The minimum Gasteiger partial charge on any atom is -0.397 e. The molecule has 0 fully saturated rings. The van der Waals surface area contributed by atoms with Gasteiger partial charge < -0.3 is 5.73 Å². The van der Waals surface area contributed by atoms with Gasteiger partial charge in [-0.1, -0.05) is 0 Å². The molecule has 106 valence electrons. The maximum absolute atomic E-state index is 13.7. The summed E-state index contributed by atoms with van der Waals surface area (Å²) in [5.41, 5.74) is 4.29. The van der Waals surface area contributed by atoms with Gasteiger partial charge in [0.15, 0.2) is 5.82 Å². The van der Waals surface area contributed by atoms with Crippen LogP contribution in [0.25, 0.3) is 0 Å². The molecular formula is C9H12FN3O4S2. The summed E-state index contributed by atoms with van der Waals surface area (Å²) in [6.07, 6.45) is 1.79. The third-order valence-electron chi connectivity index (χ3n) is 2.13. The van der Waals surface area contributed by atoms with Gasteiger partial charge in [0, 0.05) is 18.4 Å². The van der Waals surface area contributed by atoms with E-state index < -0.39 is 37.0 Å². The van der Waals surface area contributed by atoms with E-state index in [-0.39, 0.29) is 6.54 Å². The van der Waals surface area contributed by atoms with Gasteiger partial charge in [0.05, 0.1) is 16.7 Å². The number of halogens is 1. The van der Waals surface area contributed by atoms with Crippen molar-refractivity contribution >= 4 is 33.2 Å². The number of non-ortho nitro benzene ring substituents is 1. The van der Waals surface area contributed by atoms with Crippen LogP contribution >= 0.6 is 11.8 Å². The fourth-order valence-electron chi connectivity index (χ4n) is 1.34. The average Bonchev–Trinajstić information content (AvgIpc) is 2.27. The fraction of sp³-hybridized carbons (Fsp3) is 0.333. The SMILES string of the molecule is CSCCNS(=O)(=O)c1c(N)cc([N+](=O)[O-])cc1F. The predicted octanol–water partition coefficient (Wildman–Crippen LogP) is 0.957. The predicted molar refractivity (Wildman–Crippen MR) is 71.0 cm³/mol. The van der Waals surface area contributed by atoms with E-state index in [0.717, 1.165) is 6.07 Å². The molecule has 0 bridgehead atoms. The zero-order valence-electron chi connectivity index (χ0n) is 9.92. The van der Waals surface area contributed by atoms with Crippen LogP contribution in [0.2, 0.25) is 0 Å². The summed E-state index contributed by atoms with van der Waals surface area (Å²) in [4.78, 5) is 8.88. The summed E-state index contributed by atoms with van der Waals surface area (Å²) in [7, 11) is -4.12. The summed E-state index contributed by atoms with van der Waals surface area (Å²) in [6, 6.07) is 1.34. The molecule has 0 aliphatic heterocycles. The summed E-state index contributed by atoms with van der Waals surface area (Å²) in [6.45, 7) is 0.110. The minimum atomic E-state index is -4.12. The first kappa shape index (κ1) is 15.7. The van der Waals surface area contributed by atoms with Crippen LogP contribution in [0.5, 0.6) is 0 Å². The number of hydrogen-bond acceptors (Lipinski definition) is 6. The Morgan fingerprint density at radius 1 is 1.53 bits per heavy atom. The minimum absolute atomic E-state index is 0.110. The van der Waals surface area contributed by atoms with Crippen molar-refractivity contribution in [3.05, 3.63) is 28.1 Å². The Balaban J connectivity index is 3.17. The molecule has 0 heterocycles. The Morgan fingerprint density at radius 2 is 2.16 bits per heavy atom. The van der Waals surface area contributed by atoms with Crippen molar-refractivity contribution in [2.24, 2.45) is 0 Å². The number of benzene rings is 1. The van der Waals surface area contributed by atoms with Crippen molar-refractivity contribution in [2.75, 3.05) is 24.3 Å². The van der Waals surface area contributed by atoms with E-state index in [1.54, 1.807) is 6.26 Å². The molecule has 3 N–H and O–H groups in total. The maximum Gasteiger partial charge on any atom is 0.274 e. The summed E-state index contributed by atoms with van der Waals surface area (Å²) in [5.74, 6) is -0.739. The Morgan fingerprint density at radius 3 is 2.63 bits per heavy atom. The molecule has 1 aromatic rings. The van der Waals surface area contributed by atoms with Crippen molar-refractivity contribution in [2.45, 2.75) is 4.90 Å². The van der Waals surface area contributed by atoms with Crippen molar-refractivity contribution in [3.63, 3.8) is 0 Å². The van der Waals surface area contributed by atoms with E-state index in [1.165, 1.54) is 11.8 Å². The monoisotopic (exact) mass is 309 g/mol. The molecule has 0 aliphatic carbocycles. The lowest BCUT2D eigenvalue weighted by Crippen LogP contribution is -2.27. The number of nitrogens with one attached hydrogen (secondary N) is 1. The van der Waals surface area contributed by atoms with Gasteiger partial charge >= 0.3 is 0 Å². The number of rotatable bonds is 6. The number of sulfonamides is 1. The molecule has 0 spiro atoms. The van der Waals surface area contributed by atoms with Crippen LogP contribution in [0.3, 0.4) is 0 Å². The number of thioether (sulfide) groups is 1. The van der Waals surface area contributed by atoms with Gasteiger partial charge in [-0.3, -0.25) is 10.1 Å². The van der Waals surface area contributed by atoms with Gasteiger partial charge in [-0.2, -0.15) is 11.8 Å². The van der Waals surface area contributed by atoms with Crippen molar-refractivity contribution in [3.8, 4) is 0 Å². The number of nitro groups is 1. The average molecular weight is 309 g/mol. The van der Waals surface area contributed by atoms with Gasteiger partial charge in [-0.15, -0.1) is 0 Å². The molecule has 7 nitrogen and oxygen atoms in total. The quantitative estimate of drug-likeness (QED) is 0.350. The van der Waals surface area contributed by atoms with E-state index in [9.17, 15) is 22.9 Å². The molecule has 0 aliphatic rings. The van der Waals surface area contributed by atoms with Gasteiger partial charge in [0.25, 0.3) is 5.69 Å². The second-order valence-corrected chi connectivity index (χ2v) is 6.18. The smallest absolute Gasteiger partial charge is 0.274 e. The van der Waals surface area contributed by atoms with E-state index >= 15 is 0 Å². The zero-order valence-corrected chi connectivity index (χ0v) is 11.6. The first-order valence-electron chi connectivity index (χ1n) is 5.01. The second kappa shape index (κ2) is 6.17. The number of nitro benzene ring substituents is 1. The lowest BCUT2D eigenvalue weighted by Gasteiger charge is -2.09. The Bertz CT molecular complexity index is 568. The van der Waals surface area contributed by atoms with Gasteiger partial charge in [-0.25, -0.2) is 17.5 Å². The van der Waals surface area contributed by atoms with Crippen molar-refractivity contribution in [1.29, 1.82) is 0 Å². The highest BCUT2D eigenvalue weighted by Crippen LogP contribution is 2.27. The molecule has 0 saturated carbocycles. The summed E-state index contributed by atoms with van der Waals surface area (Å²) in [5, 5.41) is 10.5. The standard InChI is InChI=1S/C9H12FN3O4S2/c1-18-3-2-12-19(16,17)9-7(10)4-6(13(14)15)5-8(9)11/h4-5,12H,2-3,11H2,1H3. The first-order chi connectivity index (χ1) is 8.79. The van der Waals surface area contributed by atoms with E-state index in [4.69, 9.17) is 5.73 Å². The first-order valence-corrected chi connectivity index (χ1v) is 7.89. The number of nitrogens with two attached hydrogens (primary N) is 1. The highest BCUT2D eigenvalue weighted by atomic mass is 32.2. The fourth-order valence-corrected chi connectivity index (χ4v) is 2.97. The van der Waals surface area contributed by atoms with Crippen LogP contribution in [0.15, 0.2) is 17.0 Å². The van der Waals surface area contributed by atoms with Crippen LogP contribution in [-0.2, 0) is 10.0 Å². The van der Waals surface area contributed by atoms with Gasteiger partial charge in [0.2, 0.25) is 10.0 Å². The van der Waals surface area contributed by atoms with Crippen LogP contribution in [0, 0.1) is 15.9 Å². The highest BCUT2D eigenvalue weighted by molar-refractivity contribution is 7.98. The lowest BCUT2D eigenvalue weighted by molar-refractivity contribution is -0.385. The van der Waals surface area contributed by atoms with Gasteiger partial charge in [0.1, 0.15) is 4.90 Å². The molecule has 1 aromatic carbocycles. The number of nitrogens with zero attached hydrogens (tertiary/aromatic N) is 1. The van der Waals surface area contributed by atoms with Gasteiger partial charge in [-0.05, 0) is 6.26 Å². The molecule has 1 rings (SSSR count). The molecule has 0 saturated heterocycles. The third-order valence-corrected chi connectivity index (χ3v) is 4.30. The maximum atomic E-state index is 13.7. The topological polar surface area (TPSA) is 115 Å². The molecule has 0 aromatic heterocycles. The Labute approximate surface area is 113 Å².